The fraction of sp³-hybridized carbons (Fsp3) is 0.367. The molecule has 4 nitrogen and oxygen atoms in total. The summed E-state index contributed by atoms with van der Waals surface area (Å²) in [4.78, 5) is 12.3. The van der Waals surface area contributed by atoms with E-state index >= 15 is 0 Å². The average Bonchev–Trinajstić information content (AvgIpc) is 3.19. The van der Waals surface area contributed by atoms with Crippen LogP contribution in [0.25, 0.3) is 23.4 Å². The minimum absolute atomic E-state index is 0.220. The van der Waals surface area contributed by atoms with Crippen molar-refractivity contribution in [2.75, 3.05) is 7.11 Å². The highest BCUT2D eigenvalue weighted by Gasteiger charge is 2.28. The van der Waals surface area contributed by atoms with Crippen LogP contribution in [-0.4, -0.2) is 17.6 Å². The van der Waals surface area contributed by atoms with Crippen molar-refractivity contribution in [1.82, 2.24) is 4.57 Å². The van der Waals surface area contributed by atoms with Gasteiger partial charge in [0.15, 0.2) is 0 Å². The highest BCUT2D eigenvalue weighted by molar-refractivity contribution is 5.81. The zero-order valence-corrected chi connectivity index (χ0v) is 20.4. The molecule has 1 saturated carbocycles. The molecule has 35 heavy (non-hydrogen) atoms. The molecule has 2 aliphatic carbocycles. The number of nitrogens with zero attached hydrogens (tertiary/aromatic N) is 1. The molecule has 1 atom stereocenters. The molecule has 1 unspecified atom stereocenters. The average molecular weight is 474 g/mol. The monoisotopic (exact) mass is 473 g/mol. The molecule has 182 valence electrons. The van der Waals surface area contributed by atoms with Crippen LogP contribution in [0.4, 0.5) is 4.39 Å². The Balaban J connectivity index is 1.66. The quantitative estimate of drug-likeness (QED) is 0.462. The lowest BCUT2D eigenvalue weighted by molar-refractivity contribution is -0.143. The number of carbonyl (C=O) groups excluding carboxylic acids is 1. The Bertz CT molecular complexity index is 1340. The van der Waals surface area contributed by atoms with Crippen LogP contribution in [0.2, 0.25) is 0 Å². The van der Waals surface area contributed by atoms with E-state index in [0.717, 1.165) is 35.0 Å². The first-order chi connectivity index (χ1) is 17.1. The van der Waals surface area contributed by atoms with Gasteiger partial charge in [-0.15, -0.1) is 0 Å². The molecule has 0 bridgehead atoms. The fourth-order valence-electron chi connectivity index (χ4n) is 5.66. The Hall–Kier alpha value is -3.34. The van der Waals surface area contributed by atoms with Gasteiger partial charge in [0.05, 0.1) is 18.7 Å². The third kappa shape index (κ3) is 4.64. The molecular weight excluding hydrogens is 441 g/mol. The first-order valence-electron chi connectivity index (χ1n) is 12.5. The molecule has 1 heterocycles. The lowest BCUT2D eigenvalue weighted by Gasteiger charge is -2.24. The Kier molecular flexibility index (Phi) is 6.76. The number of carbonyl (C=O) groups is 1. The van der Waals surface area contributed by atoms with E-state index in [2.05, 4.69) is 10.6 Å². The van der Waals surface area contributed by atoms with Crippen LogP contribution in [-0.2, 0) is 23.2 Å². The summed E-state index contributed by atoms with van der Waals surface area (Å²) < 4.78 is 27.8. The maximum Gasteiger partial charge on any atom is 0.312 e. The molecule has 1 fully saturated rings. The predicted molar refractivity (Wildman–Crippen MR) is 136 cm³/mol. The van der Waals surface area contributed by atoms with Gasteiger partial charge in [0.25, 0.3) is 0 Å². The number of rotatable bonds is 6. The van der Waals surface area contributed by atoms with Crippen LogP contribution < -0.4 is 15.3 Å². The molecule has 5 heteroatoms. The molecule has 1 aromatic heterocycles. The number of benzene rings is 2. The zero-order valence-electron chi connectivity index (χ0n) is 20.4. The van der Waals surface area contributed by atoms with Gasteiger partial charge in [-0.2, -0.15) is 0 Å². The Morgan fingerprint density at radius 1 is 1.09 bits per heavy atom. The largest absolute Gasteiger partial charge is 0.488 e. The van der Waals surface area contributed by atoms with Crippen molar-refractivity contribution in [2.45, 2.75) is 51.0 Å². The second-order valence-electron chi connectivity index (χ2n) is 9.61. The molecule has 0 N–H and O–H groups in total. The van der Waals surface area contributed by atoms with Crippen LogP contribution in [0.5, 0.6) is 5.75 Å². The molecule has 0 amide bonds. The third-order valence-corrected chi connectivity index (χ3v) is 7.41. The van der Waals surface area contributed by atoms with E-state index in [1.54, 1.807) is 0 Å². The maximum absolute atomic E-state index is 14.4. The second kappa shape index (κ2) is 10.1. The number of fused-ring (bicyclic) bond motifs is 1. The lowest BCUT2D eigenvalue weighted by atomic mass is 9.81. The summed E-state index contributed by atoms with van der Waals surface area (Å²) in [5, 5.41) is 2.23. The van der Waals surface area contributed by atoms with Crippen LogP contribution in [0.3, 0.4) is 0 Å². The number of ether oxygens (including phenoxy) is 2. The van der Waals surface area contributed by atoms with Crippen molar-refractivity contribution in [3.05, 3.63) is 76.0 Å². The normalized spacial score (nSPS) is 17.7. The molecule has 3 aromatic rings. The van der Waals surface area contributed by atoms with E-state index in [4.69, 9.17) is 9.47 Å². The van der Waals surface area contributed by atoms with Crippen molar-refractivity contribution in [3.63, 3.8) is 0 Å². The third-order valence-electron chi connectivity index (χ3n) is 7.41. The molecular formula is C30H32FNO3. The zero-order chi connectivity index (χ0) is 24.4. The molecule has 2 aliphatic rings. The van der Waals surface area contributed by atoms with Gasteiger partial charge in [-0.1, -0.05) is 55.7 Å². The molecule has 0 spiro atoms. The fourth-order valence-corrected chi connectivity index (χ4v) is 5.66. The summed E-state index contributed by atoms with van der Waals surface area (Å²) in [5.41, 5.74) is 4.28. The predicted octanol–water partition coefficient (Wildman–Crippen LogP) is 5.21. The van der Waals surface area contributed by atoms with Crippen LogP contribution in [0.15, 0.2) is 48.5 Å². The summed E-state index contributed by atoms with van der Waals surface area (Å²) >= 11 is 0. The minimum Gasteiger partial charge on any atom is -0.488 e. The molecule has 0 aliphatic heterocycles. The van der Waals surface area contributed by atoms with Crippen molar-refractivity contribution in [1.29, 1.82) is 0 Å². The minimum atomic E-state index is -0.320. The molecule has 0 saturated heterocycles. The first-order valence-corrected chi connectivity index (χ1v) is 12.5. The Morgan fingerprint density at radius 2 is 1.86 bits per heavy atom. The van der Waals surface area contributed by atoms with Gasteiger partial charge in [-0.05, 0) is 59.7 Å². The number of hydrogen-bond donors (Lipinski definition) is 0. The van der Waals surface area contributed by atoms with Crippen molar-refractivity contribution >= 4 is 18.1 Å². The van der Waals surface area contributed by atoms with Crippen LogP contribution in [0, 0.1) is 11.7 Å². The topological polar surface area (TPSA) is 40.5 Å². The summed E-state index contributed by atoms with van der Waals surface area (Å²) in [6, 6.07) is 14.7. The van der Waals surface area contributed by atoms with Crippen LogP contribution >= 0.6 is 0 Å². The standard InChI is InChI=1S/C30H32FNO3/c1-32-26-17-22(30(33)34-2)13-15-24(26)28(21-11-7-4-8-12-21)29(32)25-16-14-23(31)18-27(25)35-19-20-9-5-3-6-10-20/h3,5-6,9-10,14-18,21-22H,4,7-8,11-13,19H2,1-2H3. The van der Waals surface area contributed by atoms with Gasteiger partial charge in [0, 0.05) is 24.0 Å². The van der Waals surface area contributed by atoms with Crippen molar-refractivity contribution in [3.8, 4) is 17.0 Å². The smallest absolute Gasteiger partial charge is 0.312 e. The SMILES string of the molecule is COC(=O)C1C=c2c(c(C3CCCCC3)c(-c3ccc(F)cc3OCc3ccccc3)n2C)=CC1. The maximum atomic E-state index is 14.4. The number of esters is 1. The van der Waals surface area contributed by atoms with Gasteiger partial charge in [-0.25, -0.2) is 4.39 Å². The van der Waals surface area contributed by atoms with Gasteiger partial charge in [0.1, 0.15) is 18.2 Å². The van der Waals surface area contributed by atoms with Gasteiger partial charge in [0.2, 0.25) is 0 Å². The number of aromatic nitrogens is 1. The van der Waals surface area contributed by atoms with E-state index in [9.17, 15) is 9.18 Å². The van der Waals surface area contributed by atoms with E-state index in [-0.39, 0.29) is 17.7 Å². The molecule has 0 radical (unpaired) electrons. The summed E-state index contributed by atoms with van der Waals surface area (Å²) in [7, 11) is 3.47. The van der Waals surface area contributed by atoms with Gasteiger partial charge >= 0.3 is 5.97 Å². The molecule has 5 rings (SSSR count). The molecule has 2 aromatic carbocycles. The second-order valence-corrected chi connectivity index (χ2v) is 9.61. The Labute approximate surface area is 205 Å². The van der Waals surface area contributed by atoms with E-state index in [1.165, 1.54) is 49.3 Å². The van der Waals surface area contributed by atoms with Gasteiger partial charge < -0.3 is 14.0 Å². The summed E-state index contributed by atoms with van der Waals surface area (Å²) in [6.45, 7) is 0.364. The highest BCUT2D eigenvalue weighted by Crippen LogP contribution is 2.39. The van der Waals surface area contributed by atoms with E-state index in [1.807, 2.05) is 49.5 Å². The van der Waals surface area contributed by atoms with E-state index < -0.39 is 0 Å². The van der Waals surface area contributed by atoms with E-state index in [0.29, 0.717) is 24.7 Å². The van der Waals surface area contributed by atoms with Crippen molar-refractivity contribution < 1.29 is 18.7 Å². The first kappa shape index (κ1) is 23.4. The summed E-state index contributed by atoms with van der Waals surface area (Å²) in [6.07, 6.45) is 10.8. The number of hydrogen-bond acceptors (Lipinski definition) is 3. The van der Waals surface area contributed by atoms with Gasteiger partial charge in [-0.3, -0.25) is 4.79 Å². The number of halogens is 1. The lowest BCUT2D eigenvalue weighted by Crippen LogP contribution is -2.35. The summed E-state index contributed by atoms with van der Waals surface area (Å²) in [5.74, 6) is 0.130. The number of methoxy groups -OCH3 is 1. The van der Waals surface area contributed by atoms with Crippen LogP contribution in [0.1, 0.15) is 55.6 Å². The highest BCUT2D eigenvalue weighted by atomic mass is 19.1. The Morgan fingerprint density at radius 3 is 2.60 bits per heavy atom. The van der Waals surface area contributed by atoms with Crippen molar-refractivity contribution in [2.24, 2.45) is 13.0 Å².